The Labute approximate surface area is 130 Å². The van der Waals surface area contributed by atoms with Crippen molar-refractivity contribution in [3.63, 3.8) is 0 Å². The Bertz CT molecular complexity index is 867. The molecule has 0 bridgehead atoms. The van der Waals surface area contributed by atoms with Crippen molar-refractivity contribution in [3.05, 3.63) is 47.4 Å². The fourth-order valence-electron chi connectivity index (χ4n) is 2.54. The zero-order valence-corrected chi connectivity index (χ0v) is 12.8. The van der Waals surface area contributed by atoms with Crippen molar-refractivity contribution in [2.24, 2.45) is 0 Å². The van der Waals surface area contributed by atoms with Crippen LogP contribution in [0, 0.1) is 13.8 Å². The SMILES string of the molecule is COc1ccc(-c2c(C)nn3c(C(F)(F)F)cc(C)nc23)cc1. The number of halogens is 3. The molecule has 3 aromatic rings. The molecular weight excluding hydrogens is 307 g/mol. The summed E-state index contributed by atoms with van der Waals surface area (Å²) < 4.78 is 45.7. The van der Waals surface area contributed by atoms with E-state index in [-0.39, 0.29) is 5.65 Å². The third kappa shape index (κ3) is 2.62. The smallest absolute Gasteiger partial charge is 0.433 e. The van der Waals surface area contributed by atoms with Crippen LogP contribution in [-0.4, -0.2) is 21.7 Å². The second-order valence-electron chi connectivity index (χ2n) is 5.20. The number of nitrogens with zero attached hydrogens (tertiary/aromatic N) is 3. The molecule has 1 aromatic carbocycles. The van der Waals surface area contributed by atoms with Gasteiger partial charge < -0.3 is 4.74 Å². The van der Waals surface area contributed by atoms with E-state index in [0.717, 1.165) is 16.1 Å². The lowest BCUT2D eigenvalue weighted by molar-refractivity contribution is -0.142. The lowest BCUT2D eigenvalue weighted by Crippen LogP contribution is -2.13. The maximum absolute atomic E-state index is 13.2. The van der Waals surface area contributed by atoms with E-state index < -0.39 is 11.9 Å². The molecular formula is C16H14F3N3O. The molecule has 0 aliphatic rings. The van der Waals surface area contributed by atoms with Gasteiger partial charge >= 0.3 is 6.18 Å². The second-order valence-corrected chi connectivity index (χ2v) is 5.20. The van der Waals surface area contributed by atoms with Crippen molar-refractivity contribution in [1.82, 2.24) is 14.6 Å². The highest BCUT2D eigenvalue weighted by Crippen LogP contribution is 2.34. The molecule has 0 atom stereocenters. The number of aryl methyl sites for hydroxylation is 2. The van der Waals surface area contributed by atoms with Crippen molar-refractivity contribution < 1.29 is 17.9 Å². The molecule has 0 aliphatic carbocycles. The maximum atomic E-state index is 13.2. The molecule has 2 heterocycles. The number of ether oxygens (including phenoxy) is 1. The lowest BCUT2D eigenvalue weighted by Gasteiger charge is -2.10. The van der Waals surface area contributed by atoms with E-state index in [0.29, 0.717) is 22.7 Å². The normalized spacial score (nSPS) is 11.9. The number of aromatic nitrogens is 3. The van der Waals surface area contributed by atoms with Crippen LogP contribution in [0.2, 0.25) is 0 Å². The lowest BCUT2D eigenvalue weighted by atomic mass is 10.1. The first-order valence-electron chi connectivity index (χ1n) is 6.90. The number of benzene rings is 1. The van der Waals surface area contributed by atoms with E-state index in [4.69, 9.17) is 4.74 Å². The van der Waals surface area contributed by atoms with Crippen molar-refractivity contribution >= 4 is 5.65 Å². The van der Waals surface area contributed by atoms with Gasteiger partial charge in [-0.3, -0.25) is 0 Å². The van der Waals surface area contributed by atoms with Gasteiger partial charge in [0.15, 0.2) is 5.65 Å². The molecule has 7 heteroatoms. The number of fused-ring (bicyclic) bond motifs is 1. The number of methoxy groups -OCH3 is 1. The van der Waals surface area contributed by atoms with E-state index in [1.807, 2.05) is 0 Å². The Hall–Kier alpha value is -2.57. The monoisotopic (exact) mass is 321 g/mol. The molecule has 0 aliphatic heterocycles. The quantitative estimate of drug-likeness (QED) is 0.715. The Kier molecular flexibility index (Phi) is 3.50. The van der Waals surface area contributed by atoms with Gasteiger partial charge in [0.25, 0.3) is 0 Å². The van der Waals surface area contributed by atoms with Crippen LogP contribution in [0.5, 0.6) is 5.75 Å². The number of hydrogen-bond acceptors (Lipinski definition) is 3. The minimum Gasteiger partial charge on any atom is -0.497 e. The summed E-state index contributed by atoms with van der Waals surface area (Å²) in [6, 6.07) is 8.05. The van der Waals surface area contributed by atoms with Crippen molar-refractivity contribution in [1.29, 1.82) is 0 Å². The number of rotatable bonds is 2. The van der Waals surface area contributed by atoms with Crippen LogP contribution in [0.3, 0.4) is 0 Å². The zero-order valence-electron chi connectivity index (χ0n) is 12.8. The molecule has 4 nitrogen and oxygen atoms in total. The number of hydrogen-bond donors (Lipinski definition) is 0. The van der Waals surface area contributed by atoms with Gasteiger partial charge in [0, 0.05) is 11.3 Å². The van der Waals surface area contributed by atoms with Crippen molar-refractivity contribution in [3.8, 4) is 16.9 Å². The molecule has 0 unspecified atom stereocenters. The zero-order chi connectivity index (χ0) is 16.8. The largest absolute Gasteiger partial charge is 0.497 e. The van der Waals surface area contributed by atoms with E-state index in [1.54, 1.807) is 38.3 Å². The highest BCUT2D eigenvalue weighted by molar-refractivity contribution is 5.80. The summed E-state index contributed by atoms with van der Waals surface area (Å²) in [5, 5.41) is 4.04. The fourth-order valence-corrected chi connectivity index (χ4v) is 2.54. The van der Waals surface area contributed by atoms with Gasteiger partial charge in [-0.1, -0.05) is 12.1 Å². The van der Waals surface area contributed by atoms with Crippen LogP contribution in [0.1, 0.15) is 17.1 Å². The van der Waals surface area contributed by atoms with Crippen LogP contribution < -0.4 is 4.74 Å². The summed E-state index contributed by atoms with van der Waals surface area (Å²) in [7, 11) is 1.55. The average molecular weight is 321 g/mol. The van der Waals surface area contributed by atoms with E-state index >= 15 is 0 Å². The number of alkyl halides is 3. The molecule has 0 N–H and O–H groups in total. The van der Waals surface area contributed by atoms with Gasteiger partial charge in [-0.2, -0.15) is 18.3 Å². The summed E-state index contributed by atoms with van der Waals surface area (Å²) >= 11 is 0. The molecule has 0 amide bonds. The van der Waals surface area contributed by atoms with Crippen molar-refractivity contribution in [2.45, 2.75) is 20.0 Å². The molecule has 0 saturated heterocycles. The molecule has 2 aromatic heterocycles. The summed E-state index contributed by atoms with van der Waals surface area (Å²) in [4.78, 5) is 4.26. The predicted molar refractivity (Wildman–Crippen MR) is 79.5 cm³/mol. The molecule has 120 valence electrons. The topological polar surface area (TPSA) is 39.4 Å². The first-order chi connectivity index (χ1) is 10.8. The van der Waals surface area contributed by atoms with E-state index in [2.05, 4.69) is 10.1 Å². The van der Waals surface area contributed by atoms with Gasteiger partial charge in [-0.05, 0) is 37.6 Å². The Balaban J connectivity index is 2.29. The van der Waals surface area contributed by atoms with Gasteiger partial charge in [-0.15, -0.1) is 0 Å². The molecule has 0 saturated carbocycles. The summed E-state index contributed by atoms with van der Waals surface area (Å²) in [5.41, 5.74) is 1.47. The van der Waals surface area contributed by atoms with Crippen molar-refractivity contribution in [2.75, 3.05) is 7.11 Å². The van der Waals surface area contributed by atoms with Gasteiger partial charge in [-0.25, -0.2) is 9.50 Å². The minimum absolute atomic E-state index is 0.194. The third-order valence-corrected chi connectivity index (χ3v) is 3.56. The first-order valence-corrected chi connectivity index (χ1v) is 6.90. The van der Waals surface area contributed by atoms with Crippen LogP contribution in [0.15, 0.2) is 30.3 Å². The maximum Gasteiger partial charge on any atom is 0.433 e. The summed E-state index contributed by atoms with van der Waals surface area (Å²) in [6.07, 6.45) is -4.50. The Morgan fingerprint density at radius 3 is 2.30 bits per heavy atom. The van der Waals surface area contributed by atoms with Crippen LogP contribution >= 0.6 is 0 Å². The standard InChI is InChI=1S/C16H14F3N3O/c1-9-8-13(16(17,18)19)22-15(20-9)14(10(2)21-22)11-4-6-12(23-3)7-5-11/h4-8H,1-3H3. The van der Waals surface area contributed by atoms with Crippen LogP contribution in [0.4, 0.5) is 13.2 Å². The van der Waals surface area contributed by atoms with Gasteiger partial charge in [0.05, 0.1) is 12.8 Å². The molecule has 0 fully saturated rings. The van der Waals surface area contributed by atoms with Crippen LogP contribution in [-0.2, 0) is 6.18 Å². The first kappa shape index (κ1) is 15.3. The molecule has 3 rings (SSSR count). The summed E-state index contributed by atoms with van der Waals surface area (Å²) in [6.45, 7) is 3.21. The van der Waals surface area contributed by atoms with Crippen LogP contribution in [0.25, 0.3) is 16.8 Å². The van der Waals surface area contributed by atoms with E-state index in [9.17, 15) is 13.2 Å². The Morgan fingerprint density at radius 2 is 1.74 bits per heavy atom. The van der Waals surface area contributed by atoms with Gasteiger partial charge in [0.2, 0.25) is 0 Å². The highest BCUT2D eigenvalue weighted by Gasteiger charge is 2.35. The second kappa shape index (κ2) is 5.26. The summed E-state index contributed by atoms with van der Waals surface area (Å²) in [5.74, 6) is 0.669. The molecule has 23 heavy (non-hydrogen) atoms. The third-order valence-electron chi connectivity index (χ3n) is 3.56. The van der Waals surface area contributed by atoms with E-state index in [1.165, 1.54) is 6.92 Å². The Morgan fingerprint density at radius 1 is 1.09 bits per heavy atom. The minimum atomic E-state index is -4.50. The highest BCUT2D eigenvalue weighted by atomic mass is 19.4. The fraction of sp³-hybridized carbons (Fsp3) is 0.250. The predicted octanol–water partition coefficient (Wildman–Crippen LogP) is 4.04. The molecule has 0 radical (unpaired) electrons. The molecule has 0 spiro atoms. The van der Waals surface area contributed by atoms with Gasteiger partial charge in [0.1, 0.15) is 11.4 Å². The average Bonchev–Trinajstić information content (AvgIpc) is 2.81.